The van der Waals surface area contributed by atoms with Crippen molar-refractivity contribution in [1.29, 1.82) is 5.26 Å². The third kappa shape index (κ3) is 6.71. The van der Waals surface area contributed by atoms with Crippen molar-refractivity contribution in [1.82, 2.24) is 24.6 Å². The Kier molecular flexibility index (Phi) is 9.51. The Morgan fingerprint density at radius 1 is 1.07 bits per heavy atom. The first-order chi connectivity index (χ1) is 22.4. The van der Waals surface area contributed by atoms with Gasteiger partial charge in [0.2, 0.25) is 0 Å². The maximum Gasteiger partial charge on any atom is 0.273 e. The van der Waals surface area contributed by atoms with Gasteiger partial charge in [-0.05, 0) is 42.5 Å². The number of amides is 1. The number of hydrogen-bond donors (Lipinski definition) is 1. The lowest BCUT2D eigenvalue weighted by Gasteiger charge is -2.26. The highest BCUT2D eigenvalue weighted by atomic mass is 35.5. The molecule has 3 aromatic carbocycles. The second-order valence-electron chi connectivity index (χ2n) is 10.4. The predicted octanol–water partition coefficient (Wildman–Crippen LogP) is 3.50. The molecule has 1 aliphatic rings. The van der Waals surface area contributed by atoms with Crippen molar-refractivity contribution in [3.8, 4) is 28.7 Å². The predicted molar refractivity (Wildman–Crippen MR) is 176 cm³/mol. The summed E-state index contributed by atoms with van der Waals surface area (Å²) in [4.78, 5) is 29.5. The summed E-state index contributed by atoms with van der Waals surface area (Å²) < 4.78 is 23.5. The molecule has 2 aromatic heterocycles. The van der Waals surface area contributed by atoms with Crippen LogP contribution in [0.3, 0.4) is 0 Å². The van der Waals surface area contributed by atoms with E-state index in [-0.39, 0.29) is 20.5 Å². The standard InChI is InChI=1S/C34H28ClFN6O3S/c35-25-12-10-23(11-13-25)31-24(22-41(39-31)26-6-2-1-3-7-26)20-30-33(44)42(29-9-5-4-8-28(29)36)34(46-30)27(21-37)32(43)38-14-15-40-16-18-45-19-17-40/h1-13,20,22H,14-19H2,(H,38,43)/b30-20-,34-27-. The number of morpholine rings is 1. The normalized spacial score (nSPS) is 14.6. The van der Waals surface area contributed by atoms with Crippen molar-refractivity contribution in [2.45, 2.75) is 0 Å². The number of carbonyl (C=O) groups excluding carboxylic acids is 1. The Bertz CT molecular complexity index is 2100. The van der Waals surface area contributed by atoms with E-state index in [0.717, 1.165) is 40.2 Å². The highest BCUT2D eigenvalue weighted by Gasteiger charge is 2.20. The number of para-hydroxylation sites is 2. The van der Waals surface area contributed by atoms with Gasteiger partial charge in [-0.15, -0.1) is 11.3 Å². The fourth-order valence-electron chi connectivity index (χ4n) is 5.12. The van der Waals surface area contributed by atoms with Crippen LogP contribution in [-0.2, 0) is 9.53 Å². The molecule has 0 saturated carbocycles. The van der Waals surface area contributed by atoms with Gasteiger partial charge in [-0.1, -0.05) is 54.1 Å². The van der Waals surface area contributed by atoms with E-state index in [4.69, 9.17) is 21.4 Å². The number of rotatable bonds is 8. The van der Waals surface area contributed by atoms with Gasteiger partial charge in [0, 0.05) is 48.5 Å². The van der Waals surface area contributed by atoms with Crippen LogP contribution in [0.2, 0.25) is 5.02 Å². The molecular weight excluding hydrogens is 627 g/mol. The molecule has 0 aliphatic carbocycles. The molecule has 232 valence electrons. The number of benzene rings is 3. The number of halogens is 2. The first-order valence-electron chi connectivity index (χ1n) is 14.5. The summed E-state index contributed by atoms with van der Waals surface area (Å²) in [5.74, 6) is -1.31. The van der Waals surface area contributed by atoms with Crippen LogP contribution in [0, 0.1) is 17.1 Å². The summed E-state index contributed by atoms with van der Waals surface area (Å²) in [5.41, 5.74) is 1.83. The van der Waals surface area contributed by atoms with Crippen molar-refractivity contribution in [3.05, 3.63) is 121 Å². The van der Waals surface area contributed by atoms with E-state index < -0.39 is 17.3 Å². The van der Waals surface area contributed by atoms with Crippen molar-refractivity contribution in [3.63, 3.8) is 0 Å². The van der Waals surface area contributed by atoms with Gasteiger partial charge in [-0.25, -0.2) is 9.07 Å². The highest BCUT2D eigenvalue weighted by molar-refractivity contribution is 7.07. The number of aromatic nitrogens is 3. The lowest BCUT2D eigenvalue weighted by Crippen LogP contribution is -2.42. The Morgan fingerprint density at radius 3 is 2.50 bits per heavy atom. The summed E-state index contributed by atoms with van der Waals surface area (Å²) >= 11 is 7.09. The van der Waals surface area contributed by atoms with Crippen LogP contribution < -0.4 is 20.1 Å². The Hall–Kier alpha value is -4.86. The SMILES string of the molecule is N#C/C(C(=O)NCCN1CCOCC1)=c1/s/c(=C\c2cn(-c3ccccc3)nc2-c2ccc(Cl)cc2)c(=O)n1-c1ccccc1F. The molecule has 0 spiro atoms. The number of carbonyl (C=O) groups is 1. The van der Waals surface area contributed by atoms with Gasteiger partial charge in [0.05, 0.1) is 29.1 Å². The lowest BCUT2D eigenvalue weighted by atomic mass is 10.1. The molecule has 1 fully saturated rings. The molecule has 1 aliphatic heterocycles. The molecular formula is C34H28ClFN6O3S. The number of nitrogens with zero attached hydrogens (tertiary/aromatic N) is 5. The molecule has 9 nitrogen and oxygen atoms in total. The van der Waals surface area contributed by atoms with Crippen molar-refractivity contribution < 1.29 is 13.9 Å². The molecule has 46 heavy (non-hydrogen) atoms. The zero-order valence-corrected chi connectivity index (χ0v) is 26.1. The van der Waals surface area contributed by atoms with Crippen LogP contribution in [0.1, 0.15) is 5.56 Å². The molecule has 0 atom stereocenters. The second-order valence-corrected chi connectivity index (χ2v) is 11.9. The van der Waals surface area contributed by atoms with E-state index in [1.807, 2.05) is 48.5 Å². The van der Waals surface area contributed by atoms with E-state index in [0.29, 0.717) is 42.6 Å². The third-order valence-corrected chi connectivity index (χ3v) is 8.80. The summed E-state index contributed by atoms with van der Waals surface area (Å²) in [6.07, 6.45) is 3.44. The Balaban J connectivity index is 1.50. The highest BCUT2D eigenvalue weighted by Crippen LogP contribution is 2.26. The minimum atomic E-state index is -0.668. The minimum absolute atomic E-state index is 0.0243. The van der Waals surface area contributed by atoms with E-state index >= 15 is 4.39 Å². The van der Waals surface area contributed by atoms with Crippen LogP contribution in [0.25, 0.3) is 34.3 Å². The summed E-state index contributed by atoms with van der Waals surface area (Å²) in [6.45, 7) is 3.62. The van der Waals surface area contributed by atoms with Gasteiger partial charge >= 0.3 is 0 Å². The van der Waals surface area contributed by atoms with E-state index in [9.17, 15) is 14.9 Å². The maximum absolute atomic E-state index is 15.2. The monoisotopic (exact) mass is 654 g/mol. The van der Waals surface area contributed by atoms with Crippen molar-refractivity contribution >= 4 is 40.5 Å². The largest absolute Gasteiger partial charge is 0.379 e. The molecule has 5 aromatic rings. The average molecular weight is 655 g/mol. The fourth-order valence-corrected chi connectivity index (χ4v) is 6.33. The maximum atomic E-state index is 15.2. The molecule has 3 heterocycles. The topological polar surface area (TPSA) is 105 Å². The molecule has 6 rings (SSSR count). The van der Waals surface area contributed by atoms with Gasteiger partial charge in [-0.3, -0.25) is 19.1 Å². The third-order valence-electron chi connectivity index (χ3n) is 7.45. The van der Waals surface area contributed by atoms with Gasteiger partial charge in [0.1, 0.15) is 22.2 Å². The number of hydrogen-bond acceptors (Lipinski definition) is 7. The minimum Gasteiger partial charge on any atom is -0.379 e. The zero-order chi connectivity index (χ0) is 32.0. The van der Waals surface area contributed by atoms with Crippen molar-refractivity contribution in [2.75, 3.05) is 39.4 Å². The number of nitriles is 1. The number of thiazole rings is 1. The van der Waals surface area contributed by atoms with Crippen LogP contribution in [-0.4, -0.2) is 64.5 Å². The summed E-state index contributed by atoms with van der Waals surface area (Å²) in [6, 6.07) is 24.4. The van der Waals surface area contributed by atoms with E-state index in [2.05, 4.69) is 10.2 Å². The first kappa shape index (κ1) is 31.1. The molecule has 0 unspecified atom stereocenters. The second kappa shape index (κ2) is 14.1. The Morgan fingerprint density at radius 2 is 1.78 bits per heavy atom. The van der Waals surface area contributed by atoms with Crippen LogP contribution in [0.15, 0.2) is 89.9 Å². The zero-order valence-electron chi connectivity index (χ0n) is 24.5. The smallest absolute Gasteiger partial charge is 0.273 e. The van der Waals surface area contributed by atoms with Gasteiger partial charge in [0.15, 0.2) is 5.57 Å². The number of ether oxygens (including phenoxy) is 1. The number of nitrogens with one attached hydrogen (secondary N) is 1. The van der Waals surface area contributed by atoms with Crippen molar-refractivity contribution in [2.24, 2.45) is 0 Å². The molecule has 0 bridgehead atoms. The van der Waals surface area contributed by atoms with Crippen LogP contribution in [0.5, 0.6) is 0 Å². The van der Waals surface area contributed by atoms with Gasteiger partial charge in [0.25, 0.3) is 11.5 Å². The molecule has 1 amide bonds. The molecule has 1 saturated heterocycles. The Labute approximate surface area is 272 Å². The van der Waals surface area contributed by atoms with Crippen LogP contribution >= 0.6 is 22.9 Å². The lowest BCUT2D eigenvalue weighted by molar-refractivity contribution is -0.115. The van der Waals surface area contributed by atoms with Gasteiger partial charge < -0.3 is 10.1 Å². The molecule has 1 N–H and O–H groups in total. The molecule has 12 heteroatoms. The van der Waals surface area contributed by atoms with E-state index in [1.165, 1.54) is 18.2 Å². The fraction of sp³-hybridized carbons (Fsp3) is 0.176. The average Bonchev–Trinajstić information content (AvgIpc) is 3.64. The molecule has 0 radical (unpaired) electrons. The summed E-state index contributed by atoms with van der Waals surface area (Å²) in [7, 11) is 0. The summed E-state index contributed by atoms with van der Waals surface area (Å²) in [5, 5.41) is 18.3. The van der Waals surface area contributed by atoms with Gasteiger partial charge in [-0.2, -0.15) is 10.4 Å². The first-order valence-corrected chi connectivity index (χ1v) is 15.7. The quantitative estimate of drug-likeness (QED) is 0.275. The van der Waals surface area contributed by atoms with E-state index in [1.54, 1.807) is 35.2 Å². The van der Waals surface area contributed by atoms with Crippen LogP contribution in [0.4, 0.5) is 4.39 Å².